The molecule has 2 rings (SSSR count). The molecular weight excluding hydrogens is 241 g/mol. The molecule has 1 atom stereocenters. The van der Waals surface area contributed by atoms with Crippen LogP contribution >= 0.6 is 0 Å². The maximum atomic E-state index is 13.0. The van der Waals surface area contributed by atoms with Crippen LogP contribution in [0.5, 0.6) is 0 Å². The lowest BCUT2D eigenvalue weighted by Crippen LogP contribution is -2.06. The molecular formula is C15H20FN3. The summed E-state index contributed by atoms with van der Waals surface area (Å²) in [6.45, 7) is 3.05. The number of halogens is 1. The summed E-state index contributed by atoms with van der Waals surface area (Å²) in [4.78, 5) is 3.95. The minimum absolute atomic E-state index is 0.172. The highest BCUT2D eigenvalue weighted by Crippen LogP contribution is 2.26. The molecule has 0 aliphatic heterocycles. The number of aromatic nitrogens is 3. The van der Waals surface area contributed by atoms with Crippen molar-refractivity contribution >= 4 is 0 Å². The molecule has 1 aromatic heterocycles. The van der Waals surface area contributed by atoms with Gasteiger partial charge in [-0.2, -0.15) is 5.10 Å². The van der Waals surface area contributed by atoms with E-state index in [2.05, 4.69) is 17.0 Å². The van der Waals surface area contributed by atoms with Gasteiger partial charge in [0.1, 0.15) is 18.5 Å². The number of unbranched alkanes of at least 4 members (excludes halogenated alkanes) is 1. The third-order valence-corrected chi connectivity index (χ3v) is 3.42. The van der Waals surface area contributed by atoms with E-state index in [1.165, 1.54) is 18.4 Å². The molecule has 3 nitrogen and oxygen atoms in total. The summed E-state index contributed by atoms with van der Waals surface area (Å²) in [5, 5.41) is 4.12. The SMILES string of the molecule is CCCC[C@H](CCn1cncn1)c1ccc(F)cc1. The zero-order valence-corrected chi connectivity index (χ0v) is 11.3. The summed E-state index contributed by atoms with van der Waals surface area (Å²) >= 11 is 0. The molecule has 0 radical (unpaired) electrons. The third kappa shape index (κ3) is 4.16. The van der Waals surface area contributed by atoms with Gasteiger partial charge in [0.25, 0.3) is 0 Å². The molecule has 19 heavy (non-hydrogen) atoms. The molecule has 1 aromatic carbocycles. The minimum atomic E-state index is -0.172. The van der Waals surface area contributed by atoms with Crippen molar-refractivity contribution in [1.82, 2.24) is 14.8 Å². The molecule has 1 heterocycles. The van der Waals surface area contributed by atoms with Crippen LogP contribution in [0.25, 0.3) is 0 Å². The summed E-state index contributed by atoms with van der Waals surface area (Å²) in [7, 11) is 0. The van der Waals surface area contributed by atoms with E-state index < -0.39 is 0 Å². The molecule has 0 bridgehead atoms. The molecule has 0 amide bonds. The third-order valence-electron chi connectivity index (χ3n) is 3.42. The first-order chi connectivity index (χ1) is 9.29. The van der Waals surface area contributed by atoms with Crippen molar-refractivity contribution in [2.45, 2.75) is 45.1 Å². The van der Waals surface area contributed by atoms with E-state index in [1.54, 1.807) is 24.8 Å². The minimum Gasteiger partial charge on any atom is -0.253 e. The predicted octanol–water partition coefficient (Wildman–Crippen LogP) is 3.78. The predicted molar refractivity (Wildman–Crippen MR) is 73.3 cm³/mol. The number of hydrogen-bond donors (Lipinski definition) is 0. The molecule has 0 fully saturated rings. The smallest absolute Gasteiger partial charge is 0.137 e. The van der Waals surface area contributed by atoms with Crippen LogP contribution in [0, 0.1) is 5.82 Å². The Hall–Kier alpha value is -1.71. The highest BCUT2D eigenvalue weighted by atomic mass is 19.1. The largest absolute Gasteiger partial charge is 0.253 e. The second kappa shape index (κ2) is 7.02. The number of hydrogen-bond acceptors (Lipinski definition) is 2. The molecule has 102 valence electrons. The Morgan fingerprint density at radius 2 is 2.00 bits per heavy atom. The molecule has 4 heteroatoms. The highest BCUT2D eigenvalue weighted by molar-refractivity contribution is 5.20. The normalized spacial score (nSPS) is 12.5. The fraction of sp³-hybridized carbons (Fsp3) is 0.467. The van der Waals surface area contributed by atoms with Crippen molar-refractivity contribution < 1.29 is 4.39 Å². The maximum Gasteiger partial charge on any atom is 0.137 e. The fourth-order valence-electron chi connectivity index (χ4n) is 2.30. The highest BCUT2D eigenvalue weighted by Gasteiger charge is 2.11. The summed E-state index contributed by atoms with van der Waals surface area (Å²) in [6.07, 6.45) is 7.81. The summed E-state index contributed by atoms with van der Waals surface area (Å²) in [6, 6.07) is 6.89. The zero-order valence-electron chi connectivity index (χ0n) is 11.3. The zero-order chi connectivity index (χ0) is 13.5. The van der Waals surface area contributed by atoms with Gasteiger partial charge >= 0.3 is 0 Å². The topological polar surface area (TPSA) is 30.7 Å². The van der Waals surface area contributed by atoms with Crippen molar-refractivity contribution in [3.05, 3.63) is 48.3 Å². The van der Waals surface area contributed by atoms with E-state index in [1.807, 2.05) is 16.8 Å². The first-order valence-corrected chi connectivity index (χ1v) is 6.87. The Bertz CT molecular complexity index is 465. The lowest BCUT2D eigenvalue weighted by atomic mass is 9.90. The van der Waals surface area contributed by atoms with E-state index >= 15 is 0 Å². The Kier molecular flexibility index (Phi) is 5.07. The standard InChI is InChI=1S/C15H20FN3/c1-2-3-4-13(9-10-19-12-17-11-18-19)14-5-7-15(16)8-6-14/h5-8,11-13H,2-4,9-10H2,1H3/t13-/m1/s1. The van der Waals surface area contributed by atoms with Gasteiger partial charge < -0.3 is 0 Å². The molecule has 0 aliphatic rings. The summed E-state index contributed by atoms with van der Waals surface area (Å²) < 4.78 is 14.8. The molecule has 0 saturated heterocycles. The molecule has 0 N–H and O–H groups in total. The van der Waals surface area contributed by atoms with Gasteiger partial charge in [0.15, 0.2) is 0 Å². The Morgan fingerprint density at radius 1 is 1.21 bits per heavy atom. The van der Waals surface area contributed by atoms with Crippen molar-refractivity contribution in [3.8, 4) is 0 Å². The van der Waals surface area contributed by atoms with Crippen LogP contribution in [0.15, 0.2) is 36.9 Å². The quantitative estimate of drug-likeness (QED) is 0.759. The van der Waals surface area contributed by atoms with Gasteiger partial charge in [-0.15, -0.1) is 0 Å². The van der Waals surface area contributed by atoms with Gasteiger partial charge in [-0.25, -0.2) is 9.37 Å². The van der Waals surface area contributed by atoms with Gasteiger partial charge in [-0.05, 0) is 36.5 Å². The van der Waals surface area contributed by atoms with Crippen LogP contribution in [-0.2, 0) is 6.54 Å². The van der Waals surface area contributed by atoms with Crippen molar-refractivity contribution in [3.63, 3.8) is 0 Å². The average Bonchev–Trinajstić information content (AvgIpc) is 2.93. The van der Waals surface area contributed by atoms with Crippen LogP contribution in [0.2, 0.25) is 0 Å². The monoisotopic (exact) mass is 261 g/mol. The van der Waals surface area contributed by atoms with Crippen molar-refractivity contribution in [1.29, 1.82) is 0 Å². The number of benzene rings is 1. The van der Waals surface area contributed by atoms with Crippen LogP contribution < -0.4 is 0 Å². The molecule has 0 spiro atoms. The second-order valence-corrected chi connectivity index (χ2v) is 4.84. The second-order valence-electron chi connectivity index (χ2n) is 4.84. The van der Waals surface area contributed by atoms with Crippen LogP contribution in [0.4, 0.5) is 4.39 Å². The van der Waals surface area contributed by atoms with Gasteiger partial charge in [-0.3, -0.25) is 4.68 Å². The number of aryl methyl sites for hydroxylation is 1. The van der Waals surface area contributed by atoms with E-state index in [0.717, 1.165) is 19.4 Å². The maximum absolute atomic E-state index is 13.0. The lowest BCUT2D eigenvalue weighted by molar-refractivity contribution is 0.478. The fourth-order valence-corrected chi connectivity index (χ4v) is 2.30. The van der Waals surface area contributed by atoms with E-state index in [9.17, 15) is 4.39 Å². The van der Waals surface area contributed by atoms with Crippen molar-refractivity contribution in [2.75, 3.05) is 0 Å². The number of nitrogens with zero attached hydrogens (tertiary/aromatic N) is 3. The van der Waals surface area contributed by atoms with Crippen molar-refractivity contribution in [2.24, 2.45) is 0 Å². The van der Waals surface area contributed by atoms with Gasteiger partial charge in [-0.1, -0.05) is 31.9 Å². The average molecular weight is 261 g/mol. The first-order valence-electron chi connectivity index (χ1n) is 6.87. The summed E-state index contributed by atoms with van der Waals surface area (Å²) in [5.41, 5.74) is 1.22. The Balaban J connectivity index is 2.00. The molecule has 0 unspecified atom stereocenters. The summed E-state index contributed by atoms with van der Waals surface area (Å²) in [5.74, 6) is 0.291. The number of rotatable bonds is 7. The van der Waals surface area contributed by atoms with Gasteiger partial charge in [0.2, 0.25) is 0 Å². The van der Waals surface area contributed by atoms with E-state index in [0.29, 0.717) is 5.92 Å². The van der Waals surface area contributed by atoms with Gasteiger partial charge in [0, 0.05) is 6.54 Å². The lowest BCUT2D eigenvalue weighted by Gasteiger charge is -2.17. The van der Waals surface area contributed by atoms with E-state index in [4.69, 9.17) is 0 Å². The van der Waals surface area contributed by atoms with Crippen LogP contribution in [0.3, 0.4) is 0 Å². The first kappa shape index (κ1) is 13.7. The van der Waals surface area contributed by atoms with Crippen LogP contribution in [-0.4, -0.2) is 14.8 Å². The molecule has 2 aromatic rings. The van der Waals surface area contributed by atoms with Crippen LogP contribution in [0.1, 0.15) is 44.1 Å². The van der Waals surface area contributed by atoms with Gasteiger partial charge in [0.05, 0.1) is 0 Å². The van der Waals surface area contributed by atoms with E-state index in [-0.39, 0.29) is 5.82 Å². The Labute approximate surface area is 113 Å². The molecule has 0 saturated carbocycles. The molecule has 0 aliphatic carbocycles. The Morgan fingerprint density at radius 3 is 2.63 bits per heavy atom.